The molecule has 1 saturated heterocycles. The Morgan fingerprint density at radius 2 is 2.15 bits per heavy atom. The van der Waals surface area contributed by atoms with Gasteiger partial charge in [-0.3, -0.25) is 9.36 Å². The molecule has 108 valence electrons. The van der Waals surface area contributed by atoms with Gasteiger partial charge in [-0.2, -0.15) is 0 Å². The van der Waals surface area contributed by atoms with Gasteiger partial charge in [-0.15, -0.1) is 0 Å². The Bertz CT molecular complexity index is 701. The summed E-state index contributed by atoms with van der Waals surface area (Å²) in [4.78, 5) is 19.4. The fourth-order valence-electron chi connectivity index (χ4n) is 2.19. The van der Waals surface area contributed by atoms with Gasteiger partial charge in [0.15, 0.2) is 11.9 Å². The standard InChI is InChI=1S/C10H12N4O5S/c11-7-6-8(13-2-12-7)14(10(18)20-6)9-5(17)4(16)3(1-15)19-9/h2-5,9,15-17H,1H2,(H2,11,12,13)/t3-,4-,5-,9-/m1/s1. The van der Waals surface area contributed by atoms with Crippen molar-refractivity contribution in [3.8, 4) is 0 Å². The number of hydrogen-bond donors (Lipinski definition) is 4. The number of anilines is 1. The molecule has 1 fully saturated rings. The van der Waals surface area contributed by atoms with Crippen molar-refractivity contribution in [2.24, 2.45) is 0 Å². The van der Waals surface area contributed by atoms with Crippen molar-refractivity contribution in [2.45, 2.75) is 24.5 Å². The zero-order valence-corrected chi connectivity index (χ0v) is 10.9. The number of ether oxygens (including phenoxy) is 1. The van der Waals surface area contributed by atoms with E-state index in [1.54, 1.807) is 0 Å². The van der Waals surface area contributed by atoms with Gasteiger partial charge in [0.05, 0.1) is 6.61 Å². The summed E-state index contributed by atoms with van der Waals surface area (Å²) >= 11 is 0.826. The van der Waals surface area contributed by atoms with Crippen molar-refractivity contribution in [3.05, 3.63) is 16.0 Å². The van der Waals surface area contributed by atoms with Crippen LogP contribution < -0.4 is 10.6 Å². The monoisotopic (exact) mass is 300 g/mol. The van der Waals surface area contributed by atoms with Gasteiger partial charge in [-0.1, -0.05) is 11.3 Å². The summed E-state index contributed by atoms with van der Waals surface area (Å²) in [5.74, 6) is 0.155. The highest BCUT2D eigenvalue weighted by atomic mass is 32.1. The summed E-state index contributed by atoms with van der Waals surface area (Å²) in [6.07, 6.45) is -3.53. The Hall–Kier alpha value is -1.59. The molecule has 0 aromatic carbocycles. The highest BCUT2D eigenvalue weighted by Gasteiger charge is 2.44. The third-order valence-corrected chi connectivity index (χ3v) is 4.17. The SMILES string of the molecule is Nc1ncnc2c1sc(=O)n2[C@@H]1O[C@H](CO)[C@@H](O)[C@H]1O. The van der Waals surface area contributed by atoms with Gasteiger partial charge in [0.2, 0.25) is 0 Å². The van der Waals surface area contributed by atoms with Crippen molar-refractivity contribution in [1.29, 1.82) is 0 Å². The average molecular weight is 300 g/mol. The number of aliphatic hydroxyl groups excluding tert-OH is 3. The zero-order valence-electron chi connectivity index (χ0n) is 10.1. The van der Waals surface area contributed by atoms with Gasteiger partial charge in [-0.25, -0.2) is 9.97 Å². The van der Waals surface area contributed by atoms with Crippen molar-refractivity contribution in [2.75, 3.05) is 12.3 Å². The van der Waals surface area contributed by atoms with Gasteiger partial charge in [0.25, 0.3) is 0 Å². The van der Waals surface area contributed by atoms with E-state index in [0.717, 1.165) is 15.9 Å². The number of rotatable bonds is 2. The number of aliphatic hydroxyl groups is 3. The van der Waals surface area contributed by atoms with E-state index in [1.165, 1.54) is 6.33 Å². The van der Waals surface area contributed by atoms with Crippen LogP contribution in [0.15, 0.2) is 11.1 Å². The molecule has 10 heteroatoms. The molecule has 2 aromatic heterocycles. The van der Waals surface area contributed by atoms with E-state index in [4.69, 9.17) is 15.6 Å². The molecule has 0 amide bonds. The van der Waals surface area contributed by atoms with Crippen LogP contribution in [0.2, 0.25) is 0 Å². The maximum absolute atomic E-state index is 12.0. The Kier molecular flexibility index (Phi) is 3.18. The predicted molar refractivity (Wildman–Crippen MR) is 69.1 cm³/mol. The van der Waals surface area contributed by atoms with Crippen LogP contribution in [0.4, 0.5) is 5.82 Å². The number of aromatic nitrogens is 3. The number of thiazole rings is 1. The van der Waals surface area contributed by atoms with Gasteiger partial charge >= 0.3 is 4.87 Å². The summed E-state index contributed by atoms with van der Waals surface area (Å²) in [5.41, 5.74) is 5.89. The average Bonchev–Trinajstić information content (AvgIpc) is 2.90. The number of fused-ring (bicyclic) bond motifs is 1. The lowest BCUT2D eigenvalue weighted by atomic mass is 10.1. The minimum absolute atomic E-state index is 0.155. The number of hydrogen-bond acceptors (Lipinski definition) is 9. The Labute approximate surface area is 115 Å². The Balaban J connectivity index is 2.14. The summed E-state index contributed by atoms with van der Waals surface area (Å²) in [7, 11) is 0. The molecule has 1 aliphatic rings. The van der Waals surface area contributed by atoms with E-state index in [0.29, 0.717) is 4.70 Å². The number of nitrogen functional groups attached to an aromatic ring is 1. The molecule has 20 heavy (non-hydrogen) atoms. The first kappa shape index (κ1) is 13.4. The van der Waals surface area contributed by atoms with Crippen LogP contribution in [0, 0.1) is 0 Å². The minimum atomic E-state index is -1.35. The highest BCUT2D eigenvalue weighted by molar-refractivity contribution is 7.17. The quantitative estimate of drug-likeness (QED) is 0.501. The molecule has 0 radical (unpaired) electrons. The maximum atomic E-state index is 12.0. The van der Waals surface area contributed by atoms with Gasteiger partial charge in [0.1, 0.15) is 35.2 Å². The molecule has 0 saturated carbocycles. The first-order valence-corrected chi connectivity index (χ1v) is 6.60. The van der Waals surface area contributed by atoms with E-state index in [1.807, 2.05) is 0 Å². The summed E-state index contributed by atoms with van der Waals surface area (Å²) < 4.78 is 6.82. The van der Waals surface area contributed by atoms with Crippen molar-refractivity contribution in [1.82, 2.24) is 14.5 Å². The van der Waals surface area contributed by atoms with Crippen molar-refractivity contribution in [3.63, 3.8) is 0 Å². The molecule has 3 heterocycles. The molecule has 0 spiro atoms. The fraction of sp³-hybridized carbons (Fsp3) is 0.500. The number of nitrogens with two attached hydrogens (primary N) is 1. The van der Waals surface area contributed by atoms with E-state index in [9.17, 15) is 15.0 Å². The molecule has 0 aliphatic carbocycles. The highest BCUT2D eigenvalue weighted by Crippen LogP contribution is 2.32. The lowest BCUT2D eigenvalue weighted by Crippen LogP contribution is -2.34. The lowest BCUT2D eigenvalue weighted by molar-refractivity contribution is -0.0518. The summed E-state index contributed by atoms with van der Waals surface area (Å²) in [6, 6.07) is 0. The van der Waals surface area contributed by atoms with E-state index in [2.05, 4.69) is 9.97 Å². The minimum Gasteiger partial charge on any atom is -0.394 e. The number of nitrogens with zero attached hydrogens (tertiary/aromatic N) is 3. The Morgan fingerprint density at radius 3 is 2.80 bits per heavy atom. The van der Waals surface area contributed by atoms with Crippen LogP contribution in [-0.2, 0) is 4.74 Å². The maximum Gasteiger partial charge on any atom is 0.311 e. The summed E-state index contributed by atoms with van der Waals surface area (Å²) in [6.45, 7) is -0.470. The predicted octanol–water partition coefficient (Wildman–Crippen LogP) is -1.95. The first-order chi connectivity index (χ1) is 9.54. The third-order valence-electron chi connectivity index (χ3n) is 3.20. The molecule has 2 aromatic rings. The molecular weight excluding hydrogens is 288 g/mol. The van der Waals surface area contributed by atoms with Crippen LogP contribution in [0.25, 0.3) is 10.3 Å². The van der Waals surface area contributed by atoms with Gasteiger partial charge < -0.3 is 25.8 Å². The first-order valence-electron chi connectivity index (χ1n) is 5.78. The van der Waals surface area contributed by atoms with Crippen molar-refractivity contribution < 1.29 is 20.1 Å². The smallest absolute Gasteiger partial charge is 0.311 e. The zero-order chi connectivity index (χ0) is 14.4. The molecule has 0 bridgehead atoms. The lowest BCUT2D eigenvalue weighted by Gasteiger charge is -2.15. The second-order valence-electron chi connectivity index (χ2n) is 4.38. The second kappa shape index (κ2) is 4.75. The summed E-state index contributed by atoms with van der Waals surface area (Å²) in [5, 5.41) is 28.8. The molecule has 0 unspecified atom stereocenters. The normalized spacial score (nSPS) is 30.1. The van der Waals surface area contributed by atoms with Crippen LogP contribution in [-0.4, -0.2) is 54.8 Å². The second-order valence-corrected chi connectivity index (χ2v) is 5.34. The molecule has 4 atom stereocenters. The van der Waals surface area contributed by atoms with Gasteiger partial charge in [-0.05, 0) is 0 Å². The third kappa shape index (κ3) is 1.81. The van der Waals surface area contributed by atoms with Crippen LogP contribution >= 0.6 is 11.3 Å². The molecule has 5 N–H and O–H groups in total. The van der Waals surface area contributed by atoms with Crippen LogP contribution in [0.1, 0.15) is 6.23 Å². The molecule has 9 nitrogen and oxygen atoms in total. The molecule has 1 aliphatic heterocycles. The largest absolute Gasteiger partial charge is 0.394 e. The Morgan fingerprint density at radius 1 is 1.40 bits per heavy atom. The molecule has 3 rings (SSSR count). The van der Waals surface area contributed by atoms with Crippen LogP contribution in [0.5, 0.6) is 0 Å². The van der Waals surface area contributed by atoms with Crippen LogP contribution in [0.3, 0.4) is 0 Å². The fourth-order valence-corrected chi connectivity index (χ4v) is 3.05. The van der Waals surface area contributed by atoms with E-state index in [-0.39, 0.29) is 11.5 Å². The van der Waals surface area contributed by atoms with E-state index < -0.39 is 36.0 Å². The van der Waals surface area contributed by atoms with E-state index >= 15 is 0 Å². The van der Waals surface area contributed by atoms with Crippen molar-refractivity contribution >= 4 is 27.5 Å². The molecular formula is C10H12N4O5S. The van der Waals surface area contributed by atoms with Gasteiger partial charge in [0, 0.05) is 0 Å². The topological polar surface area (TPSA) is 144 Å².